The second-order valence-electron chi connectivity index (χ2n) is 3.76. The van der Waals surface area contributed by atoms with Gasteiger partial charge < -0.3 is 15.8 Å². The van der Waals surface area contributed by atoms with Crippen molar-refractivity contribution in [1.29, 1.82) is 0 Å². The van der Waals surface area contributed by atoms with E-state index in [2.05, 4.69) is 9.97 Å². The van der Waals surface area contributed by atoms with Crippen LogP contribution >= 0.6 is 0 Å². The topological polar surface area (TPSA) is 92.0 Å². The summed E-state index contributed by atoms with van der Waals surface area (Å²) in [5.41, 5.74) is 7.31. The molecule has 1 aromatic heterocycles. The van der Waals surface area contributed by atoms with Crippen LogP contribution in [0.2, 0.25) is 0 Å². The molecule has 0 saturated carbocycles. The monoisotopic (exact) mass is 231 g/mol. The van der Waals surface area contributed by atoms with Gasteiger partial charge in [0.05, 0.1) is 11.9 Å². The molecule has 0 fully saturated rings. The van der Waals surface area contributed by atoms with Crippen LogP contribution in [0.15, 0.2) is 36.5 Å². The molecule has 5 nitrogen and oxygen atoms in total. The Morgan fingerprint density at radius 2 is 2.12 bits per heavy atom. The Kier molecular flexibility index (Phi) is 3.20. The van der Waals surface area contributed by atoms with Crippen LogP contribution in [0.3, 0.4) is 0 Å². The molecule has 2 aromatic rings. The summed E-state index contributed by atoms with van der Waals surface area (Å²) in [6, 6.07) is 8.77. The van der Waals surface area contributed by atoms with Crippen molar-refractivity contribution >= 4 is 5.97 Å². The minimum Gasteiger partial charge on any atom is -0.480 e. The number of benzene rings is 1. The summed E-state index contributed by atoms with van der Waals surface area (Å²) in [6.45, 7) is 0. The number of H-pyrrole nitrogens is 1. The van der Waals surface area contributed by atoms with Crippen molar-refractivity contribution in [1.82, 2.24) is 9.97 Å². The van der Waals surface area contributed by atoms with Crippen LogP contribution in [0, 0.1) is 0 Å². The van der Waals surface area contributed by atoms with Crippen LogP contribution < -0.4 is 5.73 Å². The van der Waals surface area contributed by atoms with Gasteiger partial charge in [-0.25, -0.2) is 4.98 Å². The van der Waals surface area contributed by atoms with E-state index in [0.29, 0.717) is 5.82 Å². The highest BCUT2D eigenvalue weighted by Crippen LogP contribution is 2.16. The fourth-order valence-corrected chi connectivity index (χ4v) is 1.53. The molecule has 17 heavy (non-hydrogen) atoms. The number of nitrogens with one attached hydrogen (secondary N) is 1. The van der Waals surface area contributed by atoms with Gasteiger partial charge in [-0.05, 0) is 5.56 Å². The SMILES string of the molecule is NC(Cc1ncc(-c2ccccc2)[nH]1)C(=O)O. The molecule has 0 bridgehead atoms. The minimum absolute atomic E-state index is 0.197. The zero-order chi connectivity index (χ0) is 12.3. The van der Waals surface area contributed by atoms with E-state index in [1.807, 2.05) is 30.3 Å². The first-order valence-electron chi connectivity index (χ1n) is 5.24. The highest BCUT2D eigenvalue weighted by molar-refractivity contribution is 5.73. The number of carboxylic acids is 1. The van der Waals surface area contributed by atoms with Gasteiger partial charge >= 0.3 is 5.97 Å². The van der Waals surface area contributed by atoms with Gasteiger partial charge in [-0.3, -0.25) is 4.79 Å². The first kappa shape index (κ1) is 11.3. The zero-order valence-corrected chi connectivity index (χ0v) is 9.13. The highest BCUT2D eigenvalue weighted by atomic mass is 16.4. The second kappa shape index (κ2) is 4.80. The average molecular weight is 231 g/mol. The third kappa shape index (κ3) is 2.70. The molecule has 88 valence electrons. The highest BCUT2D eigenvalue weighted by Gasteiger charge is 2.14. The Hall–Kier alpha value is -2.14. The van der Waals surface area contributed by atoms with Crippen LogP contribution in [0.4, 0.5) is 0 Å². The van der Waals surface area contributed by atoms with Crippen molar-refractivity contribution < 1.29 is 9.90 Å². The maximum atomic E-state index is 10.6. The summed E-state index contributed by atoms with van der Waals surface area (Å²) < 4.78 is 0. The molecular weight excluding hydrogens is 218 g/mol. The molecule has 1 heterocycles. The van der Waals surface area contributed by atoms with Gasteiger partial charge in [-0.15, -0.1) is 0 Å². The standard InChI is InChI=1S/C12H13N3O2/c13-9(12(16)17)6-11-14-7-10(15-11)8-4-2-1-3-5-8/h1-5,7,9H,6,13H2,(H,14,15)(H,16,17). The van der Waals surface area contributed by atoms with Gasteiger partial charge in [0.25, 0.3) is 0 Å². The molecule has 5 heteroatoms. The summed E-state index contributed by atoms with van der Waals surface area (Å²) in [5, 5.41) is 8.70. The largest absolute Gasteiger partial charge is 0.480 e. The molecule has 0 radical (unpaired) electrons. The van der Waals surface area contributed by atoms with E-state index in [1.54, 1.807) is 6.20 Å². The quantitative estimate of drug-likeness (QED) is 0.732. The smallest absolute Gasteiger partial charge is 0.320 e. The van der Waals surface area contributed by atoms with Crippen molar-refractivity contribution in [2.45, 2.75) is 12.5 Å². The molecule has 0 amide bonds. The Bertz CT molecular complexity index is 507. The Labute approximate surface area is 98.3 Å². The van der Waals surface area contributed by atoms with Crippen molar-refractivity contribution in [3.8, 4) is 11.3 Å². The molecule has 1 aromatic carbocycles. The lowest BCUT2D eigenvalue weighted by Crippen LogP contribution is -2.32. The number of hydrogen-bond donors (Lipinski definition) is 3. The molecule has 0 aliphatic rings. The molecule has 2 rings (SSSR count). The second-order valence-corrected chi connectivity index (χ2v) is 3.76. The third-order valence-electron chi connectivity index (χ3n) is 2.44. The molecule has 0 aliphatic heterocycles. The normalized spacial score (nSPS) is 12.3. The summed E-state index contributed by atoms with van der Waals surface area (Å²) >= 11 is 0. The molecular formula is C12H13N3O2. The van der Waals surface area contributed by atoms with Crippen LogP contribution in [0.1, 0.15) is 5.82 Å². The van der Waals surface area contributed by atoms with Crippen molar-refractivity contribution in [2.75, 3.05) is 0 Å². The lowest BCUT2D eigenvalue weighted by atomic mass is 10.2. The summed E-state index contributed by atoms with van der Waals surface area (Å²) in [4.78, 5) is 17.8. The fraction of sp³-hybridized carbons (Fsp3) is 0.167. The number of imidazole rings is 1. The maximum absolute atomic E-state index is 10.6. The van der Waals surface area contributed by atoms with Gasteiger partial charge in [0.15, 0.2) is 0 Å². The van der Waals surface area contributed by atoms with E-state index in [-0.39, 0.29) is 6.42 Å². The van der Waals surface area contributed by atoms with Gasteiger partial charge in [-0.1, -0.05) is 30.3 Å². The van der Waals surface area contributed by atoms with Crippen molar-refractivity contribution in [3.05, 3.63) is 42.4 Å². The first-order valence-corrected chi connectivity index (χ1v) is 5.24. The van der Waals surface area contributed by atoms with Gasteiger partial charge in [0, 0.05) is 6.42 Å². The fourth-order valence-electron chi connectivity index (χ4n) is 1.53. The van der Waals surface area contributed by atoms with Crippen LogP contribution in [-0.4, -0.2) is 27.1 Å². The number of carboxylic acid groups (broad SMARTS) is 1. The average Bonchev–Trinajstić information content (AvgIpc) is 2.78. The molecule has 0 saturated heterocycles. The minimum atomic E-state index is -1.03. The molecule has 0 aliphatic carbocycles. The van der Waals surface area contributed by atoms with Crippen molar-refractivity contribution in [3.63, 3.8) is 0 Å². The zero-order valence-electron chi connectivity index (χ0n) is 9.13. The number of aromatic nitrogens is 2. The number of aromatic amines is 1. The van der Waals surface area contributed by atoms with E-state index < -0.39 is 12.0 Å². The summed E-state index contributed by atoms with van der Waals surface area (Å²) in [5.74, 6) is -0.443. The molecule has 0 spiro atoms. The number of nitrogens with two attached hydrogens (primary N) is 1. The van der Waals surface area contributed by atoms with Crippen LogP contribution in [-0.2, 0) is 11.2 Å². The van der Waals surface area contributed by atoms with E-state index in [1.165, 1.54) is 0 Å². The Balaban J connectivity index is 2.14. The van der Waals surface area contributed by atoms with E-state index >= 15 is 0 Å². The number of carbonyl (C=O) groups is 1. The lowest BCUT2D eigenvalue weighted by Gasteiger charge is -2.02. The Morgan fingerprint density at radius 1 is 1.41 bits per heavy atom. The lowest BCUT2D eigenvalue weighted by molar-refractivity contribution is -0.138. The van der Waals surface area contributed by atoms with Gasteiger partial charge in [-0.2, -0.15) is 0 Å². The number of rotatable bonds is 4. The van der Waals surface area contributed by atoms with Gasteiger partial charge in [0.1, 0.15) is 11.9 Å². The third-order valence-corrected chi connectivity index (χ3v) is 2.44. The molecule has 4 N–H and O–H groups in total. The van der Waals surface area contributed by atoms with Crippen LogP contribution in [0.5, 0.6) is 0 Å². The summed E-state index contributed by atoms with van der Waals surface area (Å²) in [7, 11) is 0. The van der Waals surface area contributed by atoms with Crippen LogP contribution in [0.25, 0.3) is 11.3 Å². The summed E-state index contributed by atoms with van der Waals surface area (Å²) in [6.07, 6.45) is 1.88. The molecule has 1 atom stereocenters. The number of hydrogen-bond acceptors (Lipinski definition) is 3. The molecule has 1 unspecified atom stereocenters. The van der Waals surface area contributed by atoms with E-state index in [9.17, 15) is 4.79 Å². The predicted molar refractivity (Wildman–Crippen MR) is 63.3 cm³/mol. The van der Waals surface area contributed by atoms with Gasteiger partial charge in [0.2, 0.25) is 0 Å². The number of aliphatic carboxylic acids is 1. The van der Waals surface area contributed by atoms with E-state index in [4.69, 9.17) is 10.8 Å². The maximum Gasteiger partial charge on any atom is 0.320 e. The number of nitrogens with zero attached hydrogens (tertiary/aromatic N) is 1. The predicted octanol–water partition coefficient (Wildman–Crippen LogP) is 1.03. The van der Waals surface area contributed by atoms with Crippen molar-refractivity contribution in [2.24, 2.45) is 5.73 Å². The Morgan fingerprint density at radius 3 is 2.76 bits per heavy atom. The first-order chi connectivity index (χ1) is 8.16. The van der Waals surface area contributed by atoms with E-state index in [0.717, 1.165) is 11.3 Å².